The summed E-state index contributed by atoms with van der Waals surface area (Å²) in [4.78, 5) is 0. The van der Waals surface area contributed by atoms with Crippen molar-refractivity contribution in [3.63, 3.8) is 0 Å². The van der Waals surface area contributed by atoms with Gasteiger partial charge < -0.3 is 34.3 Å². The monoisotopic (exact) mass is 456 g/mol. The maximum atomic E-state index is 10.3. The van der Waals surface area contributed by atoms with Gasteiger partial charge in [0.25, 0.3) is 0 Å². The molecule has 1 aliphatic rings. The molecule has 1 aliphatic heterocycles. The van der Waals surface area contributed by atoms with Crippen LogP contribution in [0.2, 0.25) is 0 Å². The van der Waals surface area contributed by atoms with E-state index in [1.54, 1.807) is 18.4 Å². The lowest BCUT2D eigenvalue weighted by atomic mass is 9.98. The molecule has 2 heterocycles. The van der Waals surface area contributed by atoms with Gasteiger partial charge in [0.15, 0.2) is 0 Å². The second-order valence-electron chi connectivity index (χ2n) is 9.12. The zero-order valence-corrected chi connectivity index (χ0v) is 18.9. The van der Waals surface area contributed by atoms with Gasteiger partial charge in [-0.15, -0.1) is 0 Å². The third-order valence-electron chi connectivity index (χ3n) is 6.08. The van der Waals surface area contributed by atoms with Crippen LogP contribution in [0.3, 0.4) is 0 Å². The van der Waals surface area contributed by atoms with Crippen LogP contribution in [0.15, 0.2) is 53.1 Å². The zero-order valence-electron chi connectivity index (χ0n) is 18.9. The van der Waals surface area contributed by atoms with Crippen LogP contribution >= 0.6 is 0 Å². The molecule has 1 aromatic heterocycles. The number of benzene rings is 2. The highest BCUT2D eigenvalue weighted by atomic mass is 16.7. The lowest BCUT2D eigenvalue weighted by Gasteiger charge is -2.39. The van der Waals surface area contributed by atoms with Crippen molar-refractivity contribution in [2.45, 2.75) is 63.8 Å². The molecule has 4 rings (SSSR count). The third-order valence-corrected chi connectivity index (χ3v) is 6.08. The molecular weight excluding hydrogens is 424 g/mol. The second kappa shape index (κ2) is 10.2. The summed E-state index contributed by atoms with van der Waals surface area (Å²) in [6.07, 6.45) is -2.37. The van der Waals surface area contributed by atoms with E-state index in [1.165, 1.54) is 11.1 Å². The molecule has 0 aliphatic carbocycles. The Morgan fingerprint density at radius 1 is 0.909 bits per heavy atom. The van der Waals surface area contributed by atoms with Crippen molar-refractivity contribution in [1.82, 2.24) is 0 Å². The van der Waals surface area contributed by atoms with Gasteiger partial charge in [-0.1, -0.05) is 44.2 Å². The Balaban J connectivity index is 1.51. The van der Waals surface area contributed by atoms with Gasteiger partial charge in [-0.2, -0.15) is 0 Å². The average Bonchev–Trinajstić information content (AvgIpc) is 3.22. The van der Waals surface area contributed by atoms with Crippen LogP contribution < -0.4 is 4.74 Å². The molecule has 0 spiro atoms. The van der Waals surface area contributed by atoms with E-state index in [4.69, 9.17) is 13.9 Å². The van der Waals surface area contributed by atoms with Crippen molar-refractivity contribution in [2.75, 3.05) is 6.61 Å². The summed E-state index contributed by atoms with van der Waals surface area (Å²) in [5.41, 5.74) is 4.15. The lowest BCUT2D eigenvalue weighted by molar-refractivity contribution is -0.277. The highest BCUT2D eigenvalue weighted by Crippen LogP contribution is 2.34. The van der Waals surface area contributed by atoms with Crippen molar-refractivity contribution in [3.8, 4) is 5.75 Å². The van der Waals surface area contributed by atoms with Crippen molar-refractivity contribution in [1.29, 1.82) is 0 Å². The lowest BCUT2D eigenvalue weighted by Crippen LogP contribution is -2.60. The van der Waals surface area contributed by atoms with E-state index < -0.39 is 37.3 Å². The Labute approximate surface area is 193 Å². The van der Waals surface area contributed by atoms with E-state index in [1.807, 2.05) is 6.07 Å². The predicted octanol–water partition coefficient (Wildman–Crippen LogP) is 2.60. The van der Waals surface area contributed by atoms with E-state index in [0.29, 0.717) is 17.3 Å². The Morgan fingerprint density at radius 2 is 1.64 bits per heavy atom. The minimum absolute atomic E-state index is 0.438. The maximum Gasteiger partial charge on any atom is 0.229 e. The number of ether oxygens (including phenoxy) is 2. The van der Waals surface area contributed by atoms with Crippen LogP contribution in [-0.2, 0) is 24.0 Å². The minimum atomic E-state index is -1.50. The van der Waals surface area contributed by atoms with Crippen LogP contribution in [0.25, 0.3) is 11.0 Å². The van der Waals surface area contributed by atoms with E-state index in [9.17, 15) is 20.4 Å². The summed E-state index contributed by atoms with van der Waals surface area (Å²) < 4.78 is 17.2. The third kappa shape index (κ3) is 5.23. The van der Waals surface area contributed by atoms with E-state index in [2.05, 4.69) is 38.1 Å². The molecule has 3 aromatic rings. The van der Waals surface area contributed by atoms with E-state index in [-0.39, 0.29) is 0 Å². The number of hydrogen-bond acceptors (Lipinski definition) is 7. The predicted molar refractivity (Wildman–Crippen MR) is 123 cm³/mol. The number of fused-ring (bicyclic) bond motifs is 1. The molecule has 0 bridgehead atoms. The normalized spacial score (nSPS) is 25.6. The van der Waals surface area contributed by atoms with Gasteiger partial charge in [0.1, 0.15) is 35.7 Å². The first-order valence-corrected chi connectivity index (χ1v) is 11.4. The molecule has 178 valence electrons. The van der Waals surface area contributed by atoms with Gasteiger partial charge in [0.05, 0.1) is 18.3 Å². The largest absolute Gasteiger partial charge is 0.464 e. The molecule has 7 heteroatoms. The molecule has 5 atom stereocenters. The van der Waals surface area contributed by atoms with E-state index >= 15 is 0 Å². The van der Waals surface area contributed by atoms with Crippen molar-refractivity contribution < 1.29 is 34.3 Å². The van der Waals surface area contributed by atoms with Crippen LogP contribution in [-0.4, -0.2) is 57.7 Å². The van der Waals surface area contributed by atoms with Crippen molar-refractivity contribution in [3.05, 3.63) is 65.4 Å². The summed E-state index contributed by atoms with van der Waals surface area (Å²) in [5, 5.41) is 40.6. The Morgan fingerprint density at radius 3 is 2.33 bits per heavy atom. The fourth-order valence-corrected chi connectivity index (χ4v) is 4.28. The molecule has 1 fully saturated rings. The summed E-state index contributed by atoms with van der Waals surface area (Å²) >= 11 is 0. The van der Waals surface area contributed by atoms with Gasteiger partial charge in [0.2, 0.25) is 6.29 Å². The highest BCUT2D eigenvalue weighted by molar-refractivity contribution is 5.87. The average molecular weight is 457 g/mol. The summed E-state index contributed by atoms with van der Waals surface area (Å²) in [5.74, 6) is 1.06. The first-order chi connectivity index (χ1) is 15.9. The zero-order chi connectivity index (χ0) is 23.5. The molecule has 7 nitrogen and oxygen atoms in total. The standard InChI is InChI=1S/C26H32O7/c1-15(2)12-17-8-6-16(7-9-17)10-11-18-14-31-19-4-3-5-20(22(18)19)32-26-25(30)24(29)23(28)21(13-27)33-26/h3-9,14-15,21,23-30H,10-13H2,1-2H3/t21-,23-,24+,25-,26-/m1/s1. The topological polar surface area (TPSA) is 113 Å². The van der Waals surface area contributed by atoms with Gasteiger partial charge in [-0.25, -0.2) is 0 Å². The van der Waals surface area contributed by atoms with Crippen LogP contribution in [0.4, 0.5) is 0 Å². The summed E-state index contributed by atoms with van der Waals surface area (Å²) in [6.45, 7) is 3.91. The highest BCUT2D eigenvalue weighted by Gasteiger charge is 2.44. The quantitative estimate of drug-likeness (QED) is 0.412. The van der Waals surface area contributed by atoms with Crippen molar-refractivity contribution in [2.24, 2.45) is 5.92 Å². The first kappa shape index (κ1) is 23.7. The van der Waals surface area contributed by atoms with E-state index in [0.717, 1.165) is 30.2 Å². The molecule has 0 radical (unpaired) electrons. The number of aliphatic hydroxyl groups is 4. The van der Waals surface area contributed by atoms with Gasteiger partial charge in [-0.05, 0) is 48.4 Å². The fraction of sp³-hybridized carbons (Fsp3) is 0.462. The molecular formula is C26H32O7. The molecule has 33 heavy (non-hydrogen) atoms. The first-order valence-electron chi connectivity index (χ1n) is 11.4. The Hall–Kier alpha value is -2.42. The van der Waals surface area contributed by atoms with Crippen LogP contribution in [0.1, 0.15) is 30.5 Å². The van der Waals surface area contributed by atoms with Crippen LogP contribution in [0, 0.1) is 5.92 Å². The SMILES string of the molecule is CC(C)Cc1ccc(CCc2coc3cccc(O[C@@H]4O[C@H](CO)[C@@H](O)[C@H](O)[C@H]4O)c23)cc1. The minimum Gasteiger partial charge on any atom is -0.464 e. The van der Waals surface area contributed by atoms with Crippen molar-refractivity contribution >= 4 is 11.0 Å². The molecule has 2 aromatic carbocycles. The molecule has 4 N–H and O–H groups in total. The number of rotatable bonds is 8. The van der Waals surface area contributed by atoms with Crippen LogP contribution in [0.5, 0.6) is 5.75 Å². The number of aryl methyl sites for hydroxylation is 2. The maximum absolute atomic E-state index is 10.3. The smallest absolute Gasteiger partial charge is 0.229 e. The van der Waals surface area contributed by atoms with Gasteiger partial charge in [-0.3, -0.25) is 0 Å². The molecule has 0 amide bonds. The fourth-order valence-electron chi connectivity index (χ4n) is 4.28. The Bertz CT molecular complexity index is 1040. The van der Waals surface area contributed by atoms with Gasteiger partial charge >= 0.3 is 0 Å². The number of hydrogen-bond donors (Lipinski definition) is 4. The molecule has 0 unspecified atom stereocenters. The number of furan rings is 1. The molecule has 0 saturated carbocycles. The van der Waals surface area contributed by atoms with Gasteiger partial charge in [0, 0.05) is 5.56 Å². The Kier molecular flexibility index (Phi) is 7.36. The summed E-state index contributed by atoms with van der Waals surface area (Å²) in [6, 6.07) is 14.0. The summed E-state index contributed by atoms with van der Waals surface area (Å²) in [7, 11) is 0. The second-order valence-corrected chi connectivity index (χ2v) is 9.12. The number of aliphatic hydroxyl groups excluding tert-OH is 4. The molecule has 1 saturated heterocycles.